The summed E-state index contributed by atoms with van der Waals surface area (Å²) in [6, 6.07) is 7.50. The number of aromatic nitrogens is 9. The molecule has 0 unspecified atom stereocenters. The Hall–Kier alpha value is -4.57. The number of nitrogens with one attached hydrogen (secondary N) is 2. The first-order valence-electron chi connectivity index (χ1n) is 11.4. The van der Waals surface area contributed by atoms with Crippen molar-refractivity contribution in [1.29, 1.82) is 0 Å². The van der Waals surface area contributed by atoms with Crippen LogP contribution in [-0.2, 0) is 12.7 Å². The van der Waals surface area contributed by atoms with E-state index in [9.17, 15) is 22.8 Å². The monoisotopic (exact) mass is 593 g/mol. The smallest absolute Gasteiger partial charge is 0.351 e. The van der Waals surface area contributed by atoms with E-state index in [-0.39, 0.29) is 45.2 Å². The van der Waals surface area contributed by atoms with Crippen LogP contribution in [0.5, 0.6) is 0 Å². The summed E-state index contributed by atoms with van der Waals surface area (Å²) in [4.78, 5) is 31.4. The van der Waals surface area contributed by atoms with Crippen molar-refractivity contribution < 1.29 is 22.8 Å². The standard InChI is InChI=1S/C22H16Cl2F3N11O2/c1-2-28-20(40)17-16(14(24)9-12-5-7-30-37(12)17)31-19(39)15-8-11(10-36-34-21(32-35-36)22(25,26)27)33-38(15)18-13(23)4-3-6-29-18/h3-9H,2,10H2,1H3,(H,28,40)(H,31,39). The van der Waals surface area contributed by atoms with Gasteiger partial charge in [0, 0.05) is 12.7 Å². The van der Waals surface area contributed by atoms with Crippen LogP contribution in [0.15, 0.2) is 42.7 Å². The van der Waals surface area contributed by atoms with Gasteiger partial charge in [0.1, 0.15) is 12.2 Å². The number of amides is 2. The lowest BCUT2D eigenvalue weighted by Gasteiger charge is -2.15. The number of nitrogens with zero attached hydrogens (tertiary/aromatic N) is 9. The molecule has 0 aromatic carbocycles. The van der Waals surface area contributed by atoms with E-state index in [1.807, 2.05) is 0 Å². The van der Waals surface area contributed by atoms with Crippen molar-refractivity contribution in [1.82, 2.24) is 49.9 Å². The molecule has 0 aliphatic rings. The summed E-state index contributed by atoms with van der Waals surface area (Å²) in [5.74, 6) is -2.71. The Bertz CT molecular complexity index is 1750. The van der Waals surface area contributed by atoms with Gasteiger partial charge in [0.15, 0.2) is 11.5 Å². The fourth-order valence-corrected chi connectivity index (χ4v) is 4.16. The molecule has 5 heterocycles. The maximum absolute atomic E-state index is 13.6. The third kappa shape index (κ3) is 5.17. The summed E-state index contributed by atoms with van der Waals surface area (Å²) < 4.78 is 41.2. The van der Waals surface area contributed by atoms with Crippen molar-refractivity contribution in [3.05, 3.63) is 75.7 Å². The predicted octanol–water partition coefficient (Wildman–Crippen LogP) is 3.28. The van der Waals surface area contributed by atoms with E-state index in [0.29, 0.717) is 16.9 Å². The van der Waals surface area contributed by atoms with Gasteiger partial charge in [-0.05, 0) is 42.5 Å². The minimum atomic E-state index is -4.79. The molecule has 5 aromatic heterocycles. The lowest BCUT2D eigenvalue weighted by atomic mass is 10.2. The molecular weight excluding hydrogens is 578 g/mol. The van der Waals surface area contributed by atoms with Gasteiger partial charge in [0.2, 0.25) is 0 Å². The van der Waals surface area contributed by atoms with Gasteiger partial charge in [-0.3, -0.25) is 9.59 Å². The Labute approximate surface area is 231 Å². The average molecular weight is 594 g/mol. The van der Waals surface area contributed by atoms with Crippen molar-refractivity contribution in [2.45, 2.75) is 19.6 Å². The molecule has 5 rings (SSSR count). The van der Waals surface area contributed by atoms with Crippen LogP contribution in [0.4, 0.5) is 18.9 Å². The molecule has 0 saturated heterocycles. The minimum absolute atomic E-state index is 0.0312. The number of alkyl halides is 3. The molecule has 206 valence electrons. The van der Waals surface area contributed by atoms with Gasteiger partial charge < -0.3 is 10.6 Å². The van der Waals surface area contributed by atoms with Gasteiger partial charge in [-0.15, -0.1) is 10.2 Å². The summed E-state index contributed by atoms with van der Waals surface area (Å²) in [7, 11) is 0. The number of hydrogen-bond acceptors (Lipinski definition) is 8. The number of pyridine rings is 2. The third-order valence-electron chi connectivity index (χ3n) is 5.37. The Morgan fingerprint density at radius 1 is 1.05 bits per heavy atom. The van der Waals surface area contributed by atoms with E-state index in [1.165, 1.54) is 35.1 Å². The molecule has 0 spiro atoms. The first kappa shape index (κ1) is 27.0. The maximum Gasteiger partial charge on any atom is 0.455 e. The maximum atomic E-state index is 13.6. The SMILES string of the molecule is CCNC(=O)c1c(NC(=O)c2cc(Cn3nnc(C(F)(F)F)n3)nn2-c2ncccc2Cl)c(Cl)cc2ccnn12. The molecular formula is C22H16Cl2F3N11O2. The van der Waals surface area contributed by atoms with Gasteiger partial charge in [-0.1, -0.05) is 23.2 Å². The second-order valence-corrected chi connectivity index (χ2v) is 8.89. The Kier molecular flexibility index (Phi) is 7.12. The van der Waals surface area contributed by atoms with Crippen LogP contribution in [0.3, 0.4) is 0 Å². The van der Waals surface area contributed by atoms with Crippen molar-refractivity contribution >= 4 is 46.2 Å². The number of anilines is 1. The minimum Gasteiger partial charge on any atom is -0.351 e. The summed E-state index contributed by atoms with van der Waals surface area (Å²) in [5.41, 5.74) is 0.385. The second kappa shape index (κ2) is 10.5. The molecule has 0 fully saturated rings. The number of carbonyl (C=O) groups is 2. The molecule has 13 nitrogen and oxygen atoms in total. The van der Waals surface area contributed by atoms with E-state index in [0.717, 1.165) is 4.68 Å². The highest BCUT2D eigenvalue weighted by Crippen LogP contribution is 2.30. The Morgan fingerprint density at radius 2 is 1.85 bits per heavy atom. The molecule has 2 N–H and O–H groups in total. The number of tetrazole rings is 1. The topological polar surface area (TPSA) is 150 Å². The molecule has 18 heteroatoms. The number of rotatable bonds is 7. The predicted molar refractivity (Wildman–Crippen MR) is 134 cm³/mol. The van der Waals surface area contributed by atoms with Crippen LogP contribution in [0.1, 0.15) is 39.4 Å². The normalized spacial score (nSPS) is 11.7. The van der Waals surface area contributed by atoms with Crippen LogP contribution < -0.4 is 10.6 Å². The highest BCUT2D eigenvalue weighted by atomic mass is 35.5. The van der Waals surface area contributed by atoms with Gasteiger partial charge in [0.05, 0.1) is 33.1 Å². The molecule has 0 bridgehead atoms. The molecule has 0 radical (unpaired) electrons. The third-order valence-corrected chi connectivity index (χ3v) is 5.96. The summed E-state index contributed by atoms with van der Waals surface area (Å²) in [6.45, 7) is 1.65. The fourth-order valence-electron chi connectivity index (χ4n) is 3.71. The van der Waals surface area contributed by atoms with Crippen molar-refractivity contribution in [2.75, 3.05) is 11.9 Å². The summed E-state index contributed by atoms with van der Waals surface area (Å²) >= 11 is 12.8. The quantitative estimate of drug-likeness (QED) is 0.292. The Balaban J connectivity index is 1.57. The van der Waals surface area contributed by atoms with E-state index in [2.05, 4.69) is 41.2 Å². The van der Waals surface area contributed by atoms with Gasteiger partial charge in [-0.25, -0.2) is 14.2 Å². The van der Waals surface area contributed by atoms with Crippen molar-refractivity contribution in [2.24, 2.45) is 0 Å². The zero-order valence-electron chi connectivity index (χ0n) is 20.2. The Morgan fingerprint density at radius 3 is 2.55 bits per heavy atom. The average Bonchev–Trinajstić information content (AvgIpc) is 3.65. The van der Waals surface area contributed by atoms with E-state index >= 15 is 0 Å². The molecule has 0 saturated carbocycles. The van der Waals surface area contributed by atoms with Crippen molar-refractivity contribution in [3.63, 3.8) is 0 Å². The molecule has 5 aromatic rings. The van der Waals surface area contributed by atoms with Gasteiger partial charge in [-0.2, -0.15) is 28.2 Å². The summed E-state index contributed by atoms with van der Waals surface area (Å²) in [5, 5.41) is 23.6. The number of fused-ring (bicyclic) bond motifs is 1. The first-order chi connectivity index (χ1) is 19.1. The molecule has 0 aliphatic carbocycles. The largest absolute Gasteiger partial charge is 0.455 e. The highest BCUT2D eigenvalue weighted by Gasteiger charge is 2.37. The lowest BCUT2D eigenvalue weighted by molar-refractivity contribution is -0.145. The van der Waals surface area contributed by atoms with Crippen molar-refractivity contribution in [3.8, 4) is 5.82 Å². The molecule has 0 aliphatic heterocycles. The fraction of sp³-hybridized carbons (Fsp3) is 0.182. The summed E-state index contributed by atoms with van der Waals surface area (Å²) in [6.07, 6.45) is -1.91. The van der Waals surface area contributed by atoms with Crippen LogP contribution in [0.2, 0.25) is 10.0 Å². The zero-order valence-corrected chi connectivity index (χ0v) is 21.7. The molecule has 2 amide bonds. The van der Waals surface area contributed by atoms with Crippen LogP contribution in [0.25, 0.3) is 11.3 Å². The zero-order chi connectivity index (χ0) is 28.6. The van der Waals surface area contributed by atoms with Crippen LogP contribution >= 0.6 is 23.2 Å². The number of hydrogen-bond donors (Lipinski definition) is 2. The lowest BCUT2D eigenvalue weighted by Crippen LogP contribution is -2.28. The van der Waals surface area contributed by atoms with Gasteiger partial charge in [0.25, 0.3) is 17.6 Å². The van der Waals surface area contributed by atoms with Crippen LogP contribution in [-0.4, -0.2) is 62.9 Å². The van der Waals surface area contributed by atoms with Gasteiger partial charge >= 0.3 is 6.18 Å². The molecule has 40 heavy (non-hydrogen) atoms. The number of carbonyl (C=O) groups excluding carboxylic acids is 2. The number of halogens is 5. The molecule has 0 atom stereocenters. The van der Waals surface area contributed by atoms with Crippen LogP contribution in [0, 0.1) is 0 Å². The van der Waals surface area contributed by atoms with E-state index in [4.69, 9.17) is 23.2 Å². The first-order valence-corrected chi connectivity index (χ1v) is 12.1. The highest BCUT2D eigenvalue weighted by molar-refractivity contribution is 6.35. The van der Waals surface area contributed by atoms with E-state index < -0.39 is 23.8 Å². The second-order valence-electron chi connectivity index (χ2n) is 8.08. The van der Waals surface area contributed by atoms with E-state index in [1.54, 1.807) is 19.1 Å².